The fourth-order valence-electron chi connectivity index (χ4n) is 4.60. The number of pyridine rings is 1. The number of nitriles is 1. The van der Waals surface area contributed by atoms with Gasteiger partial charge in [0.15, 0.2) is 0 Å². The second kappa shape index (κ2) is 9.01. The van der Waals surface area contributed by atoms with Gasteiger partial charge >= 0.3 is 0 Å². The Morgan fingerprint density at radius 1 is 1.24 bits per heavy atom. The molecule has 0 bridgehead atoms. The molecule has 7 nitrogen and oxygen atoms in total. The number of hydrazine groups is 2. The van der Waals surface area contributed by atoms with E-state index in [-0.39, 0.29) is 23.4 Å². The lowest BCUT2D eigenvalue weighted by Gasteiger charge is -2.36. The van der Waals surface area contributed by atoms with Gasteiger partial charge in [-0.3, -0.25) is 9.99 Å². The molecule has 4 N–H and O–H groups in total. The normalized spacial score (nSPS) is 20.8. The average molecular weight is 527 g/mol. The minimum absolute atomic E-state index is 0.195. The predicted octanol–water partition coefficient (Wildman–Crippen LogP) is 5.59. The molecule has 11 heteroatoms. The molecule has 1 aliphatic heterocycles. The van der Waals surface area contributed by atoms with E-state index in [0.717, 1.165) is 12.8 Å². The number of benzene rings is 2. The summed E-state index contributed by atoms with van der Waals surface area (Å²) in [5.74, 6) is -3.16. The molecule has 2 aromatic carbocycles. The summed E-state index contributed by atoms with van der Waals surface area (Å²) >= 11 is 6.59. The highest BCUT2D eigenvalue weighted by Crippen LogP contribution is 2.42. The van der Waals surface area contributed by atoms with E-state index < -0.39 is 23.8 Å². The number of hydrogen-bond acceptors (Lipinski definition) is 7. The van der Waals surface area contributed by atoms with Gasteiger partial charge in [0.2, 0.25) is 0 Å². The number of rotatable bonds is 7. The maximum absolute atomic E-state index is 13.7. The van der Waals surface area contributed by atoms with Crippen molar-refractivity contribution in [1.82, 2.24) is 21.0 Å². The Bertz CT molecular complexity index is 1480. The average Bonchev–Trinajstić information content (AvgIpc) is 3.59. The Morgan fingerprint density at radius 3 is 2.68 bits per heavy atom. The fourth-order valence-corrected chi connectivity index (χ4v) is 4.87. The van der Waals surface area contributed by atoms with Crippen LogP contribution in [0.25, 0.3) is 10.9 Å². The van der Waals surface area contributed by atoms with E-state index in [1.807, 2.05) is 11.2 Å². The van der Waals surface area contributed by atoms with Gasteiger partial charge in [0, 0.05) is 48.4 Å². The smallest absolute Gasteiger partial charge is 0.252 e. The summed E-state index contributed by atoms with van der Waals surface area (Å²) in [6, 6.07) is 9.22. The van der Waals surface area contributed by atoms with Crippen LogP contribution in [0.5, 0.6) is 0 Å². The van der Waals surface area contributed by atoms with Gasteiger partial charge in [0.1, 0.15) is 11.9 Å². The Morgan fingerprint density at radius 2 is 2.00 bits per heavy atom. The molecule has 6 rings (SSSR count). The molecule has 190 valence electrons. The quantitative estimate of drug-likeness (QED) is 0.319. The third-order valence-electron chi connectivity index (χ3n) is 6.68. The summed E-state index contributed by atoms with van der Waals surface area (Å²) in [6.45, 7) is 0. The van der Waals surface area contributed by atoms with E-state index in [9.17, 15) is 19.8 Å². The Kier molecular flexibility index (Phi) is 5.48. The number of alkyl halides is 2. The van der Waals surface area contributed by atoms with Crippen LogP contribution >= 0.6 is 11.6 Å². The Labute approximate surface area is 217 Å². The third kappa shape index (κ3) is 4.72. The predicted molar refractivity (Wildman–Crippen MR) is 135 cm³/mol. The molecule has 0 amide bonds. The third-order valence-corrected chi connectivity index (χ3v) is 6.97. The van der Waals surface area contributed by atoms with Gasteiger partial charge in [-0.1, -0.05) is 23.7 Å². The maximum Gasteiger partial charge on any atom is 0.252 e. The molecule has 1 aromatic heterocycles. The van der Waals surface area contributed by atoms with Gasteiger partial charge in [-0.05, 0) is 42.7 Å². The van der Waals surface area contributed by atoms with E-state index in [4.69, 9.17) is 11.6 Å². The monoisotopic (exact) mass is 526 g/mol. The van der Waals surface area contributed by atoms with Crippen molar-refractivity contribution in [3.8, 4) is 6.07 Å². The fraction of sp³-hybridized carbons (Fsp3) is 0.308. The van der Waals surface area contributed by atoms with Gasteiger partial charge in [0.25, 0.3) is 5.92 Å². The van der Waals surface area contributed by atoms with E-state index in [2.05, 4.69) is 32.6 Å². The first-order valence-corrected chi connectivity index (χ1v) is 12.3. The van der Waals surface area contributed by atoms with Crippen LogP contribution in [0.4, 0.5) is 24.5 Å². The van der Waals surface area contributed by atoms with Crippen LogP contribution in [0.15, 0.2) is 54.5 Å². The molecule has 2 aliphatic carbocycles. The SMILES string of the molecule is [2H][C@](Nc1cc(Cl)c2ncc(C#N)c(NC3CC(F)(F)C3)c2c1)(C1=CN(C2CC2)NN1)c1ccc(F)cc1. The van der Waals surface area contributed by atoms with Gasteiger partial charge in [-0.25, -0.2) is 13.2 Å². The molecule has 2 saturated carbocycles. The number of nitrogens with zero attached hydrogens (tertiary/aromatic N) is 3. The van der Waals surface area contributed by atoms with E-state index in [1.54, 1.807) is 12.1 Å². The standard InChI is InChI=1S/C26H23ClF3N7/c27-21-8-17(7-20-23(15(11-31)12-32-25(20)21)34-18-9-26(29,30)10-18)33-24(14-1-3-16(28)4-2-14)22-13-37(36-35-22)19-5-6-19/h1-4,7-8,12-13,18-19,24,33,35-36H,5-6,9-10H2,(H,32,34)/t24-/m1/s1/i24D. The van der Waals surface area contributed by atoms with Gasteiger partial charge < -0.3 is 16.1 Å². The van der Waals surface area contributed by atoms with Crippen molar-refractivity contribution in [3.05, 3.63) is 76.5 Å². The summed E-state index contributed by atoms with van der Waals surface area (Å²) in [6.07, 6.45) is 4.56. The molecule has 37 heavy (non-hydrogen) atoms. The van der Waals surface area contributed by atoms with Gasteiger partial charge in [-0.2, -0.15) is 5.26 Å². The van der Waals surface area contributed by atoms with Crippen LogP contribution in [0.2, 0.25) is 5.02 Å². The second-order valence-electron chi connectivity index (χ2n) is 9.54. The summed E-state index contributed by atoms with van der Waals surface area (Å²) in [5.41, 5.74) is 8.43. The van der Waals surface area contributed by atoms with Crippen LogP contribution < -0.4 is 21.6 Å². The minimum Gasteiger partial charge on any atom is -0.380 e. The summed E-state index contributed by atoms with van der Waals surface area (Å²) < 4.78 is 50.2. The van der Waals surface area contributed by atoms with E-state index in [0.29, 0.717) is 39.6 Å². The summed E-state index contributed by atoms with van der Waals surface area (Å²) in [4.78, 5) is 4.31. The Hall–Kier alpha value is -3.68. The lowest BCUT2D eigenvalue weighted by Crippen LogP contribution is -2.44. The van der Waals surface area contributed by atoms with Crippen molar-refractivity contribution >= 4 is 33.9 Å². The van der Waals surface area contributed by atoms with Crippen LogP contribution in [-0.4, -0.2) is 28.0 Å². The molecule has 2 fully saturated rings. The highest BCUT2D eigenvalue weighted by molar-refractivity contribution is 6.35. The first kappa shape index (κ1) is 22.5. The number of fused-ring (bicyclic) bond motifs is 1. The highest BCUT2D eigenvalue weighted by atomic mass is 35.5. The van der Waals surface area contributed by atoms with Crippen molar-refractivity contribution < 1.29 is 14.5 Å². The second-order valence-corrected chi connectivity index (χ2v) is 9.95. The summed E-state index contributed by atoms with van der Waals surface area (Å²) in [7, 11) is 0. The minimum atomic E-state index is -2.73. The molecule has 1 atom stereocenters. The van der Waals surface area contributed by atoms with Crippen molar-refractivity contribution in [2.24, 2.45) is 0 Å². The van der Waals surface area contributed by atoms with Crippen LogP contribution in [-0.2, 0) is 0 Å². The lowest BCUT2D eigenvalue weighted by molar-refractivity contribution is -0.0793. The molecule has 3 aromatic rings. The molecule has 2 heterocycles. The van der Waals surface area contributed by atoms with Crippen molar-refractivity contribution in [2.75, 3.05) is 10.6 Å². The number of hydrogen-bond donors (Lipinski definition) is 4. The van der Waals surface area contributed by atoms with Crippen LogP contribution in [0.3, 0.4) is 0 Å². The van der Waals surface area contributed by atoms with Gasteiger partial charge in [0.05, 0.1) is 34.9 Å². The Balaban J connectivity index is 1.42. The topological polar surface area (TPSA) is 88.0 Å². The van der Waals surface area contributed by atoms with Crippen molar-refractivity contribution in [2.45, 2.75) is 49.7 Å². The van der Waals surface area contributed by atoms with E-state index >= 15 is 0 Å². The van der Waals surface area contributed by atoms with Gasteiger partial charge in [-0.15, -0.1) is 5.53 Å². The molecule has 0 radical (unpaired) electrons. The lowest BCUT2D eigenvalue weighted by atomic mass is 9.87. The van der Waals surface area contributed by atoms with Crippen molar-refractivity contribution in [1.29, 1.82) is 5.26 Å². The largest absolute Gasteiger partial charge is 0.380 e. The number of nitrogens with one attached hydrogen (secondary N) is 4. The van der Waals surface area contributed by atoms with Crippen LogP contribution in [0, 0.1) is 17.1 Å². The maximum atomic E-state index is 13.7. The number of aromatic nitrogens is 1. The zero-order valence-corrected chi connectivity index (χ0v) is 20.2. The highest BCUT2D eigenvalue weighted by Gasteiger charge is 2.45. The molecule has 0 spiro atoms. The molecular formula is C26H23ClF3N7. The molecular weight excluding hydrogens is 503 g/mol. The van der Waals surface area contributed by atoms with Crippen LogP contribution in [0.1, 0.15) is 44.2 Å². The zero-order chi connectivity index (χ0) is 26.7. The number of halogens is 4. The van der Waals surface area contributed by atoms with E-state index in [1.165, 1.54) is 30.5 Å². The first-order chi connectivity index (χ1) is 18.1. The molecule has 0 unspecified atom stereocenters. The molecule has 3 aliphatic rings. The number of anilines is 2. The zero-order valence-electron chi connectivity index (χ0n) is 20.5. The first-order valence-electron chi connectivity index (χ1n) is 12.4. The summed E-state index contributed by atoms with van der Waals surface area (Å²) in [5, 5.41) is 18.6. The van der Waals surface area contributed by atoms with Crippen molar-refractivity contribution in [3.63, 3.8) is 0 Å². The molecule has 0 saturated heterocycles.